The molecule has 0 bridgehead atoms. The standard InChI is InChI=1S/C19H24ClN5O2/c1-26-14-3-4-16(20)13(9-14)10-24-11-15-17(12-24)22-19(27-2)23-18(15)25-7-5-21-6-8-25/h3-4,9,21H,5-8,10-12H2,1-2H3. The summed E-state index contributed by atoms with van der Waals surface area (Å²) >= 11 is 6.40. The SMILES string of the molecule is COc1ccc(Cl)c(CN2Cc3nc(OC)nc(N4CCNCC4)c3C2)c1. The maximum absolute atomic E-state index is 6.40. The molecule has 1 aromatic carbocycles. The molecule has 0 unspecified atom stereocenters. The number of anilines is 1. The molecule has 0 aliphatic carbocycles. The molecule has 0 atom stereocenters. The van der Waals surface area contributed by atoms with Crippen molar-refractivity contribution in [3.63, 3.8) is 0 Å². The molecule has 7 nitrogen and oxygen atoms in total. The van der Waals surface area contributed by atoms with Crippen LogP contribution >= 0.6 is 11.6 Å². The lowest BCUT2D eigenvalue weighted by Gasteiger charge is -2.30. The van der Waals surface area contributed by atoms with Gasteiger partial charge in [0.2, 0.25) is 0 Å². The van der Waals surface area contributed by atoms with Crippen molar-refractivity contribution in [3.8, 4) is 11.8 Å². The lowest BCUT2D eigenvalue weighted by molar-refractivity contribution is 0.273. The molecule has 1 fully saturated rings. The number of hydrogen-bond acceptors (Lipinski definition) is 7. The first-order valence-electron chi connectivity index (χ1n) is 9.12. The minimum atomic E-state index is 0.434. The Morgan fingerprint density at radius 1 is 1.11 bits per heavy atom. The fourth-order valence-electron chi connectivity index (χ4n) is 3.66. The average molecular weight is 390 g/mol. The molecule has 1 saturated heterocycles. The Hall–Kier alpha value is -2.09. The van der Waals surface area contributed by atoms with Crippen LogP contribution in [0, 0.1) is 0 Å². The number of methoxy groups -OCH3 is 2. The Kier molecular flexibility index (Phi) is 5.33. The molecule has 8 heteroatoms. The van der Waals surface area contributed by atoms with Gasteiger partial charge in [0.05, 0.1) is 19.9 Å². The molecule has 2 aliphatic heterocycles. The zero-order valence-electron chi connectivity index (χ0n) is 15.7. The van der Waals surface area contributed by atoms with Crippen LogP contribution in [-0.2, 0) is 19.6 Å². The van der Waals surface area contributed by atoms with Crippen molar-refractivity contribution in [1.82, 2.24) is 20.2 Å². The smallest absolute Gasteiger partial charge is 0.318 e. The van der Waals surface area contributed by atoms with Crippen LogP contribution in [0.25, 0.3) is 0 Å². The van der Waals surface area contributed by atoms with Crippen molar-refractivity contribution < 1.29 is 9.47 Å². The van der Waals surface area contributed by atoms with Gasteiger partial charge < -0.3 is 19.7 Å². The lowest BCUT2D eigenvalue weighted by atomic mass is 10.2. The van der Waals surface area contributed by atoms with Crippen molar-refractivity contribution in [3.05, 3.63) is 40.0 Å². The van der Waals surface area contributed by atoms with Crippen molar-refractivity contribution in [2.45, 2.75) is 19.6 Å². The van der Waals surface area contributed by atoms with Gasteiger partial charge in [0.25, 0.3) is 0 Å². The largest absolute Gasteiger partial charge is 0.497 e. The summed E-state index contributed by atoms with van der Waals surface area (Å²) < 4.78 is 10.7. The Morgan fingerprint density at radius 3 is 2.67 bits per heavy atom. The molecule has 144 valence electrons. The van der Waals surface area contributed by atoms with E-state index in [0.29, 0.717) is 6.01 Å². The average Bonchev–Trinajstić information content (AvgIpc) is 3.11. The molecule has 27 heavy (non-hydrogen) atoms. The number of nitrogens with one attached hydrogen (secondary N) is 1. The van der Waals surface area contributed by atoms with E-state index < -0.39 is 0 Å². The third-order valence-electron chi connectivity index (χ3n) is 5.05. The quantitative estimate of drug-likeness (QED) is 0.839. The fourth-order valence-corrected chi connectivity index (χ4v) is 3.84. The topological polar surface area (TPSA) is 62.8 Å². The van der Waals surface area contributed by atoms with E-state index in [4.69, 9.17) is 21.1 Å². The number of benzene rings is 1. The molecule has 0 amide bonds. The van der Waals surface area contributed by atoms with Gasteiger partial charge in [0, 0.05) is 56.4 Å². The maximum Gasteiger partial charge on any atom is 0.318 e. The van der Waals surface area contributed by atoms with Gasteiger partial charge in [0.1, 0.15) is 11.6 Å². The van der Waals surface area contributed by atoms with Crippen LogP contribution in [0.5, 0.6) is 11.8 Å². The van der Waals surface area contributed by atoms with Crippen molar-refractivity contribution in [2.24, 2.45) is 0 Å². The van der Waals surface area contributed by atoms with E-state index in [-0.39, 0.29) is 0 Å². The maximum atomic E-state index is 6.40. The summed E-state index contributed by atoms with van der Waals surface area (Å²) in [7, 11) is 3.28. The van der Waals surface area contributed by atoms with Crippen molar-refractivity contribution in [1.29, 1.82) is 0 Å². The summed E-state index contributed by atoms with van der Waals surface area (Å²) in [5.41, 5.74) is 3.28. The summed E-state index contributed by atoms with van der Waals surface area (Å²) in [5, 5.41) is 4.13. The number of piperazine rings is 1. The number of aromatic nitrogens is 2. The van der Waals surface area contributed by atoms with Crippen molar-refractivity contribution >= 4 is 17.4 Å². The molecule has 1 aromatic heterocycles. The molecule has 2 aromatic rings. The molecule has 0 spiro atoms. The second-order valence-corrected chi connectivity index (χ2v) is 7.21. The first kappa shape index (κ1) is 18.3. The molecule has 3 heterocycles. The van der Waals surface area contributed by atoms with Gasteiger partial charge in [-0.2, -0.15) is 9.97 Å². The third-order valence-corrected chi connectivity index (χ3v) is 5.42. The van der Waals surface area contributed by atoms with Crippen LogP contribution in [-0.4, -0.2) is 55.3 Å². The van der Waals surface area contributed by atoms with E-state index in [1.165, 1.54) is 5.56 Å². The molecular formula is C19H24ClN5O2. The van der Waals surface area contributed by atoms with Gasteiger partial charge in [-0.05, 0) is 23.8 Å². The van der Waals surface area contributed by atoms with Gasteiger partial charge >= 0.3 is 6.01 Å². The highest BCUT2D eigenvalue weighted by Gasteiger charge is 2.29. The number of hydrogen-bond donors (Lipinski definition) is 1. The van der Waals surface area contributed by atoms with E-state index in [9.17, 15) is 0 Å². The number of nitrogens with zero attached hydrogens (tertiary/aromatic N) is 4. The molecule has 0 saturated carbocycles. The second-order valence-electron chi connectivity index (χ2n) is 6.80. The number of fused-ring (bicyclic) bond motifs is 1. The van der Waals surface area contributed by atoms with Crippen LogP contribution in [0.3, 0.4) is 0 Å². The minimum absolute atomic E-state index is 0.434. The first-order chi connectivity index (χ1) is 13.2. The monoisotopic (exact) mass is 389 g/mol. The Bertz CT molecular complexity index is 826. The number of halogens is 1. The van der Waals surface area contributed by atoms with Crippen LogP contribution in [0.1, 0.15) is 16.8 Å². The van der Waals surface area contributed by atoms with Gasteiger partial charge in [0.15, 0.2) is 0 Å². The van der Waals surface area contributed by atoms with E-state index in [0.717, 1.165) is 73.7 Å². The summed E-state index contributed by atoms with van der Waals surface area (Å²) in [4.78, 5) is 13.9. The number of ether oxygens (including phenoxy) is 2. The zero-order chi connectivity index (χ0) is 18.8. The van der Waals surface area contributed by atoms with E-state index >= 15 is 0 Å². The van der Waals surface area contributed by atoms with Gasteiger partial charge in [-0.1, -0.05) is 11.6 Å². The van der Waals surface area contributed by atoms with Crippen LogP contribution in [0.4, 0.5) is 5.82 Å². The summed E-state index contributed by atoms with van der Waals surface area (Å²) in [6.07, 6.45) is 0. The third kappa shape index (κ3) is 3.81. The molecule has 1 N–H and O–H groups in total. The Labute approximate surface area is 164 Å². The predicted octanol–water partition coefficient (Wildman–Crippen LogP) is 2.07. The van der Waals surface area contributed by atoms with Crippen LogP contribution in [0.15, 0.2) is 18.2 Å². The zero-order valence-corrected chi connectivity index (χ0v) is 16.4. The molecular weight excluding hydrogens is 366 g/mol. The summed E-state index contributed by atoms with van der Waals surface area (Å²) in [5.74, 6) is 1.81. The second kappa shape index (κ2) is 7.88. The normalized spacial score (nSPS) is 17.1. The van der Waals surface area contributed by atoms with E-state index in [2.05, 4.69) is 25.1 Å². The van der Waals surface area contributed by atoms with Gasteiger partial charge in [-0.15, -0.1) is 0 Å². The van der Waals surface area contributed by atoms with E-state index in [1.807, 2.05) is 18.2 Å². The first-order valence-corrected chi connectivity index (χ1v) is 9.50. The molecule has 0 radical (unpaired) electrons. The van der Waals surface area contributed by atoms with Crippen LogP contribution < -0.4 is 19.7 Å². The highest BCUT2D eigenvalue weighted by molar-refractivity contribution is 6.31. The highest BCUT2D eigenvalue weighted by Crippen LogP contribution is 2.33. The van der Waals surface area contributed by atoms with Gasteiger partial charge in [-0.3, -0.25) is 4.90 Å². The fraction of sp³-hybridized carbons (Fsp3) is 0.474. The molecule has 4 rings (SSSR count). The lowest BCUT2D eigenvalue weighted by Crippen LogP contribution is -2.44. The summed E-state index contributed by atoms with van der Waals surface area (Å²) in [6, 6.07) is 6.19. The summed E-state index contributed by atoms with van der Waals surface area (Å²) in [6.45, 7) is 6.08. The predicted molar refractivity (Wildman–Crippen MR) is 105 cm³/mol. The van der Waals surface area contributed by atoms with Crippen molar-refractivity contribution in [2.75, 3.05) is 45.3 Å². The van der Waals surface area contributed by atoms with E-state index in [1.54, 1.807) is 14.2 Å². The Balaban J connectivity index is 1.59. The molecule has 2 aliphatic rings. The Morgan fingerprint density at radius 2 is 1.93 bits per heavy atom. The van der Waals surface area contributed by atoms with Crippen LogP contribution in [0.2, 0.25) is 5.02 Å². The number of rotatable bonds is 5. The minimum Gasteiger partial charge on any atom is -0.497 e. The van der Waals surface area contributed by atoms with Gasteiger partial charge in [-0.25, -0.2) is 0 Å². The highest BCUT2D eigenvalue weighted by atomic mass is 35.5.